The Bertz CT molecular complexity index is 539. The van der Waals surface area contributed by atoms with Gasteiger partial charge in [-0.25, -0.2) is 0 Å². The molecular formula is C16H23NO4. The number of rotatable bonds is 4. The van der Waals surface area contributed by atoms with Crippen molar-refractivity contribution in [3.63, 3.8) is 0 Å². The SMILES string of the molecule is COc1cc(CO)cc2c1OC(C(C)C)C(=O)N2C(C)C. The van der Waals surface area contributed by atoms with E-state index < -0.39 is 6.10 Å². The van der Waals surface area contributed by atoms with E-state index in [2.05, 4.69) is 0 Å². The molecule has 1 amide bonds. The monoisotopic (exact) mass is 293 g/mol. The second-order valence-electron chi connectivity index (χ2n) is 5.89. The summed E-state index contributed by atoms with van der Waals surface area (Å²) < 4.78 is 11.3. The van der Waals surface area contributed by atoms with Crippen molar-refractivity contribution in [1.29, 1.82) is 0 Å². The summed E-state index contributed by atoms with van der Waals surface area (Å²) in [6.07, 6.45) is -0.520. The Morgan fingerprint density at radius 2 is 2.00 bits per heavy atom. The van der Waals surface area contributed by atoms with Gasteiger partial charge < -0.3 is 19.5 Å². The predicted octanol–water partition coefficient (Wildman–Crippen LogP) is 2.35. The highest BCUT2D eigenvalue weighted by Crippen LogP contribution is 2.44. The Morgan fingerprint density at radius 1 is 1.33 bits per heavy atom. The molecule has 1 aromatic carbocycles. The van der Waals surface area contributed by atoms with Crippen LogP contribution in [0.5, 0.6) is 11.5 Å². The third kappa shape index (κ3) is 2.70. The third-order valence-electron chi connectivity index (χ3n) is 3.60. The van der Waals surface area contributed by atoms with Gasteiger partial charge in [0.1, 0.15) is 0 Å². The fraction of sp³-hybridized carbons (Fsp3) is 0.562. The number of carbonyl (C=O) groups excluding carboxylic acids is 1. The average Bonchev–Trinajstić information content (AvgIpc) is 2.44. The second kappa shape index (κ2) is 5.93. The van der Waals surface area contributed by atoms with Gasteiger partial charge in [0, 0.05) is 6.04 Å². The number of aliphatic hydroxyl groups is 1. The molecule has 0 saturated heterocycles. The van der Waals surface area contributed by atoms with Gasteiger partial charge in [-0.2, -0.15) is 0 Å². The Kier molecular flexibility index (Phi) is 4.42. The van der Waals surface area contributed by atoms with Crippen LogP contribution in [0.1, 0.15) is 33.3 Å². The molecule has 1 atom stereocenters. The van der Waals surface area contributed by atoms with E-state index in [1.165, 1.54) is 0 Å². The van der Waals surface area contributed by atoms with E-state index in [1.54, 1.807) is 24.1 Å². The number of anilines is 1. The summed E-state index contributed by atoms with van der Waals surface area (Å²) in [6, 6.07) is 3.52. The maximum Gasteiger partial charge on any atom is 0.268 e. The van der Waals surface area contributed by atoms with Crippen LogP contribution in [0.2, 0.25) is 0 Å². The molecule has 116 valence electrons. The molecule has 0 spiro atoms. The Balaban J connectivity index is 2.63. The molecule has 0 aliphatic carbocycles. The van der Waals surface area contributed by atoms with Crippen LogP contribution in [0.15, 0.2) is 12.1 Å². The number of benzene rings is 1. The summed E-state index contributed by atoms with van der Waals surface area (Å²) in [5.41, 5.74) is 1.35. The third-order valence-corrected chi connectivity index (χ3v) is 3.60. The van der Waals surface area contributed by atoms with Gasteiger partial charge in [0.2, 0.25) is 0 Å². The van der Waals surface area contributed by atoms with Gasteiger partial charge in [-0.1, -0.05) is 13.8 Å². The minimum absolute atomic E-state index is 0.0000454. The molecule has 0 saturated carbocycles. The fourth-order valence-electron chi connectivity index (χ4n) is 2.57. The summed E-state index contributed by atoms with van der Waals surface area (Å²) in [7, 11) is 1.56. The van der Waals surface area contributed by atoms with E-state index in [9.17, 15) is 9.90 Å². The van der Waals surface area contributed by atoms with Gasteiger partial charge in [-0.3, -0.25) is 4.79 Å². The van der Waals surface area contributed by atoms with Crippen LogP contribution in [-0.2, 0) is 11.4 Å². The molecule has 0 fully saturated rings. The lowest BCUT2D eigenvalue weighted by Crippen LogP contribution is -2.51. The van der Waals surface area contributed by atoms with Crippen LogP contribution in [0, 0.1) is 5.92 Å². The second-order valence-corrected chi connectivity index (χ2v) is 5.89. The first kappa shape index (κ1) is 15.6. The van der Waals surface area contributed by atoms with Gasteiger partial charge in [0.05, 0.1) is 19.4 Å². The summed E-state index contributed by atoms with van der Waals surface area (Å²) in [5, 5.41) is 9.39. The average molecular weight is 293 g/mol. The van der Waals surface area contributed by atoms with Crippen LogP contribution in [0.25, 0.3) is 0 Å². The van der Waals surface area contributed by atoms with Crippen molar-refractivity contribution in [3.8, 4) is 11.5 Å². The van der Waals surface area contributed by atoms with Crippen molar-refractivity contribution in [2.24, 2.45) is 5.92 Å². The van der Waals surface area contributed by atoms with E-state index in [-0.39, 0.29) is 24.5 Å². The molecular weight excluding hydrogens is 270 g/mol. The number of carbonyl (C=O) groups is 1. The number of aliphatic hydroxyl groups excluding tert-OH is 1. The van der Waals surface area contributed by atoms with Gasteiger partial charge in [-0.05, 0) is 37.5 Å². The lowest BCUT2D eigenvalue weighted by Gasteiger charge is -2.39. The van der Waals surface area contributed by atoms with Crippen molar-refractivity contribution < 1.29 is 19.4 Å². The molecule has 2 rings (SSSR count). The molecule has 21 heavy (non-hydrogen) atoms. The van der Waals surface area contributed by atoms with Crippen molar-refractivity contribution >= 4 is 11.6 Å². The van der Waals surface area contributed by atoms with E-state index in [4.69, 9.17) is 9.47 Å². The zero-order chi connectivity index (χ0) is 15.7. The summed E-state index contributed by atoms with van der Waals surface area (Å²) in [4.78, 5) is 14.4. The lowest BCUT2D eigenvalue weighted by molar-refractivity contribution is -0.128. The predicted molar refractivity (Wildman–Crippen MR) is 80.8 cm³/mol. The highest BCUT2D eigenvalue weighted by atomic mass is 16.5. The zero-order valence-corrected chi connectivity index (χ0v) is 13.2. The molecule has 0 radical (unpaired) electrons. The molecule has 1 aliphatic heterocycles. The van der Waals surface area contributed by atoms with E-state index in [1.807, 2.05) is 27.7 Å². The normalized spacial score (nSPS) is 18.0. The number of amides is 1. The quantitative estimate of drug-likeness (QED) is 0.925. The molecule has 1 aromatic rings. The number of hydrogen-bond acceptors (Lipinski definition) is 4. The minimum atomic E-state index is -0.520. The fourth-order valence-corrected chi connectivity index (χ4v) is 2.57. The molecule has 1 N–H and O–H groups in total. The van der Waals surface area contributed by atoms with E-state index in [0.717, 1.165) is 0 Å². The molecule has 0 aromatic heterocycles. The molecule has 0 bridgehead atoms. The van der Waals surface area contributed by atoms with Gasteiger partial charge in [0.15, 0.2) is 17.6 Å². The molecule has 1 aliphatic rings. The van der Waals surface area contributed by atoms with Gasteiger partial charge in [0.25, 0.3) is 5.91 Å². The van der Waals surface area contributed by atoms with E-state index >= 15 is 0 Å². The maximum atomic E-state index is 12.7. The van der Waals surface area contributed by atoms with Crippen molar-refractivity contribution in [3.05, 3.63) is 17.7 Å². The lowest BCUT2D eigenvalue weighted by atomic mass is 10.0. The van der Waals surface area contributed by atoms with Crippen molar-refractivity contribution in [1.82, 2.24) is 0 Å². The van der Waals surface area contributed by atoms with Crippen LogP contribution in [-0.4, -0.2) is 30.3 Å². The standard InChI is InChI=1S/C16H23NO4/c1-9(2)14-16(19)17(10(3)4)12-6-11(8-18)7-13(20-5)15(12)21-14/h6-7,9-10,14,18H,8H2,1-5H3. The molecule has 1 heterocycles. The summed E-state index contributed by atoms with van der Waals surface area (Å²) in [6.45, 7) is 7.73. The van der Waals surface area contributed by atoms with Gasteiger partial charge in [-0.15, -0.1) is 0 Å². The molecule has 5 heteroatoms. The Morgan fingerprint density at radius 3 is 2.48 bits per heavy atom. The van der Waals surface area contributed by atoms with Gasteiger partial charge >= 0.3 is 0 Å². The topological polar surface area (TPSA) is 59.0 Å². The van der Waals surface area contributed by atoms with Crippen molar-refractivity contribution in [2.75, 3.05) is 12.0 Å². The molecule has 1 unspecified atom stereocenters. The first-order valence-electron chi connectivity index (χ1n) is 7.22. The number of hydrogen-bond donors (Lipinski definition) is 1. The van der Waals surface area contributed by atoms with Crippen LogP contribution in [0.4, 0.5) is 5.69 Å². The highest BCUT2D eigenvalue weighted by Gasteiger charge is 2.39. The largest absolute Gasteiger partial charge is 0.493 e. The maximum absolute atomic E-state index is 12.7. The summed E-state index contributed by atoms with van der Waals surface area (Å²) >= 11 is 0. The van der Waals surface area contributed by atoms with Crippen molar-refractivity contribution in [2.45, 2.75) is 46.4 Å². The molecule has 5 nitrogen and oxygen atoms in total. The number of ether oxygens (including phenoxy) is 2. The Hall–Kier alpha value is -1.75. The van der Waals surface area contributed by atoms with Crippen LogP contribution in [0.3, 0.4) is 0 Å². The minimum Gasteiger partial charge on any atom is -0.493 e. The smallest absolute Gasteiger partial charge is 0.268 e. The van der Waals surface area contributed by atoms with E-state index in [0.29, 0.717) is 22.7 Å². The number of fused-ring (bicyclic) bond motifs is 1. The highest BCUT2D eigenvalue weighted by molar-refractivity contribution is 6.01. The zero-order valence-electron chi connectivity index (χ0n) is 13.2. The summed E-state index contributed by atoms with van der Waals surface area (Å²) in [5.74, 6) is 1.13. The van der Waals surface area contributed by atoms with Crippen LogP contribution >= 0.6 is 0 Å². The number of nitrogens with zero attached hydrogens (tertiary/aromatic N) is 1. The Labute approximate surface area is 125 Å². The first-order chi connectivity index (χ1) is 9.90. The van der Waals surface area contributed by atoms with Crippen LogP contribution < -0.4 is 14.4 Å². The number of methoxy groups -OCH3 is 1. The first-order valence-corrected chi connectivity index (χ1v) is 7.22.